The second kappa shape index (κ2) is 6.40. The molecule has 136 valence electrons. The lowest BCUT2D eigenvalue weighted by Crippen LogP contribution is -2.18. The molecule has 0 spiro atoms. The maximum Gasteiger partial charge on any atom is 0.275 e. The van der Waals surface area contributed by atoms with Gasteiger partial charge in [-0.15, -0.1) is 11.3 Å². The number of nitrogens with one attached hydrogen (secondary N) is 1. The first-order valence-corrected chi connectivity index (χ1v) is 9.06. The molecule has 0 unspecified atom stereocenters. The number of thiophene rings is 1. The van der Waals surface area contributed by atoms with Gasteiger partial charge in [-0.25, -0.2) is 9.97 Å². The van der Waals surface area contributed by atoms with E-state index in [2.05, 4.69) is 21.9 Å². The smallest absolute Gasteiger partial charge is 0.275 e. The van der Waals surface area contributed by atoms with Crippen LogP contribution in [0.3, 0.4) is 0 Å². The summed E-state index contributed by atoms with van der Waals surface area (Å²) in [7, 11) is 3.92. The molecule has 0 fully saturated rings. The Kier molecular flexibility index (Phi) is 4.04. The third-order valence-electron chi connectivity index (χ3n) is 4.31. The minimum atomic E-state index is -0.137. The molecule has 0 aliphatic rings. The third-order valence-corrected chi connectivity index (χ3v) is 5.39. The minimum Gasteiger partial charge on any atom is -0.397 e. The summed E-state index contributed by atoms with van der Waals surface area (Å²) in [4.78, 5) is 25.0. The fourth-order valence-corrected chi connectivity index (χ4v) is 4.07. The van der Waals surface area contributed by atoms with Gasteiger partial charge in [0, 0.05) is 20.3 Å². The van der Waals surface area contributed by atoms with Crippen molar-refractivity contribution in [2.24, 2.45) is 0 Å². The van der Waals surface area contributed by atoms with Crippen LogP contribution in [0.4, 0.5) is 17.1 Å². The van der Waals surface area contributed by atoms with Gasteiger partial charge in [0.2, 0.25) is 0 Å². The van der Waals surface area contributed by atoms with Gasteiger partial charge in [0.1, 0.15) is 15.9 Å². The Morgan fingerprint density at radius 2 is 2.11 bits per heavy atom. The Morgan fingerprint density at radius 3 is 2.85 bits per heavy atom. The van der Waals surface area contributed by atoms with Gasteiger partial charge in [0.25, 0.3) is 5.56 Å². The van der Waals surface area contributed by atoms with Crippen molar-refractivity contribution in [2.75, 3.05) is 30.0 Å². The first-order chi connectivity index (χ1) is 13.0. The normalized spacial score (nSPS) is 11.0. The topological polar surface area (TPSA) is 89.1 Å². The molecule has 4 aromatic rings. The largest absolute Gasteiger partial charge is 0.397 e. The molecular weight excluding hydrogens is 360 g/mol. The van der Waals surface area contributed by atoms with Gasteiger partial charge in [0.05, 0.1) is 33.7 Å². The van der Waals surface area contributed by atoms with Crippen molar-refractivity contribution in [1.82, 2.24) is 14.5 Å². The molecule has 0 amide bonds. The fraction of sp³-hybridized carbons (Fsp3) is 0.105. The summed E-state index contributed by atoms with van der Waals surface area (Å²) in [5.74, 6) is 0. The van der Waals surface area contributed by atoms with E-state index in [0.717, 1.165) is 15.9 Å². The van der Waals surface area contributed by atoms with E-state index in [1.54, 1.807) is 36.9 Å². The molecule has 3 aromatic heterocycles. The molecule has 3 N–H and O–H groups in total. The predicted octanol–water partition coefficient (Wildman–Crippen LogP) is 3.20. The van der Waals surface area contributed by atoms with E-state index < -0.39 is 0 Å². The van der Waals surface area contributed by atoms with Crippen LogP contribution in [0.2, 0.25) is 0 Å². The molecule has 0 atom stereocenters. The number of pyridine rings is 1. The lowest BCUT2D eigenvalue weighted by atomic mass is 10.2. The monoisotopic (exact) mass is 378 g/mol. The minimum absolute atomic E-state index is 0.137. The van der Waals surface area contributed by atoms with Gasteiger partial charge in [-0.3, -0.25) is 9.36 Å². The lowest BCUT2D eigenvalue weighted by Gasteiger charge is -2.13. The molecule has 27 heavy (non-hydrogen) atoms. The van der Waals surface area contributed by atoms with Gasteiger partial charge in [-0.2, -0.15) is 0 Å². The molecule has 1 aromatic carbocycles. The highest BCUT2D eigenvalue weighted by Crippen LogP contribution is 2.35. The van der Waals surface area contributed by atoms with Crippen molar-refractivity contribution < 1.29 is 0 Å². The van der Waals surface area contributed by atoms with Crippen LogP contribution in [0.5, 0.6) is 0 Å². The van der Waals surface area contributed by atoms with Gasteiger partial charge < -0.3 is 16.0 Å². The first kappa shape index (κ1) is 17.0. The van der Waals surface area contributed by atoms with E-state index >= 15 is 0 Å². The summed E-state index contributed by atoms with van der Waals surface area (Å²) < 4.78 is 2.09. The van der Waals surface area contributed by atoms with E-state index in [1.807, 2.05) is 25.1 Å². The highest BCUT2D eigenvalue weighted by Gasteiger charge is 2.17. The molecule has 8 heteroatoms. The van der Waals surface area contributed by atoms with Crippen molar-refractivity contribution in [2.45, 2.75) is 0 Å². The van der Waals surface area contributed by atoms with Gasteiger partial charge >= 0.3 is 0 Å². The molecular formula is C19H18N6OS. The zero-order valence-corrected chi connectivity index (χ0v) is 15.7. The van der Waals surface area contributed by atoms with Crippen LogP contribution in [0.15, 0.2) is 54.4 Å². The number of aromatic nitrogens is 3. The molecule has 4 rings (SSSR count). The Labute approximate surface area is 159 Å². The van der Waals surface area contributed by atoms with Crippen molar-refractivity contribution >= 4 is 48.8 Å². The predicted molar refractivity (Wildman–Crippen MR) is 113 cm³/mol. The maximum atomic E-state index is 13.2. The molecule has 0 saturated carbocycles. The first-order valence-electron chi connectivity index (χ1n) is 8.25. The Balaban J connectivity index is 1.98. The molecule has 0 aliphatic heterocycles. The molecule has 0 saturated heterocycles. The van der Waals surface area contributed by atoms with Crippen LogP contribution < -0.4 is 21.5 Å². The second-order valence-electron chi connectivity index (χ2n) is 6.22. The van der Waals surface area contributed by atoms with E-state index in [-0.39, 0.29) is 5.56 Å². The molecule has 0 aliphatic carbocycles. The van der Waals surface area contributed by atoms with Crippen LogP contribution >= 0.6 is 11.3 Å². The highest BCUT2D eigenvalue weighted by molar-refractivity contribution is 7.25. The number of hydrogen-bond donors (Lipinski definition) is 2. The summed E-state index contributed by atoms with van der Waals surface area (Å²) >= 11 is 1.36. The van der Waals surface area contributed by atoms with Crippen LogP contribution in [0.1, 0.15) is 0 Å². The Hall–Kier alpha value is -3.39. The number of nitrogens with two attached hydrogens (primary N) is 1. The summed E-state index contributed by atoms with van der Waals surface area (Å²) in [6.07, 6.45) is 4.84. The Bertz CT molecular complexity index is 1240. The van der Waals surface area contributed by atoms with Crippen molar-refractivity contribution in [1.29, 1.82) is 0 Å². The Morgan fingerprint density at radius 1 is 1.30 bits per heavy atom. The summed E-state index contributed by atoms with van der Waals surface area (Å²) in [5.41, 5.74) is 9.40. The molecule has 7 nitrogen and oxygen atoms in total. The quantitative estimate of drug-likeness (QED) is 0.530. The standard InChI is InChI=1S/C19H18N6OS/c1-4-21-13-9-11(5-6-12(13)20)25-10-23-16-15-14(24(2)3)7-8-22-18(15)27-17(16)19(25)26/h4-10,21H,1,20H2,2-3H3. The van der Waals surface area contributed by atoms with Crippen LogP contribution in [0, 0.1) is 0 Å². The molecule has 0 radical (unpaired) electrons. The zero-order chi connectivity index (χ0) is 19.1. The van der Waals surface area contributed by atoms with Crippen molar-refractivity contribution in [3.8, 4) is 5.69 Å². The van der Waals surface area contributed by atoms with Crippen molar-refractivity contribution in [3.05, 3.63) is 59.9 Å². The molecule has 3 heterocycles. The number of benzene rings is 1. The second-order valence-corrected chi connectivity index (χ2v) is 7.22. The number of nitrogen functional groups attached to an aromatic ring is 1. The number of nitrogens with zero attached hydrogens (tertiary/aromatic N) is 4. The number of hydrogen-bond acceptors (Lipinski definition) is 7. The van der Waals surface area contributed by atoms with E-state index in [4.69, 9.17) is 5.73 Å². The SMILES string of the molecule is C=CNc1cc(-n2cnc3c(sc4nccc(N(C)C)c43)c2=O)ccc1N. The van der Waals surface area contributed by atoms with Crippen LogP contribution in [0.25, 0.3) is 26.1 Å². The lowest BCUT2D eigenvalue weighted by molar-refractivity contribution is 0.968. The number of fused-ring (bicyclic) bond motifs is 3. The van der Waals surface area contributed by atoms with E-state index in [9.17, 15) is 4.79 Å². The van der Waals surface area contributed by atoms with Gasteiger partial charge in [-0.1, -0.05) is 6.58 Å². The molecule has 0 bridgehead atoms. The number of rotatable bonds is 4. The summed E-state index contributed by atoms with van der Waals surface area (Å²) in [5, 5.41) is 3.88. The average Bonchev–Trinajstić information content (AvgIpc) is 3.04. The average molecular weight is 378 g/mol. The number of anilines is 3. The van der Waals surface area contributed by atoms with Gasteiger partial charge in [0.15, 0.2) is 0 Å². The highest BCUT2D eigenvalue weighted by atomic mass is 32.1. The van der Waals surface area contributed by atoms with Gasteiger partial charge in [-0.05, 0) is 30.5 Å². The van der Waals surface area contributed by atoms with E-state index in [1.165, 1.54) is 15.9 Å². The zero-order valence-electron chi connectivity index (χ0n) is 14.9. The third kappa shape index (κ3) is 2.70. The summed E-state index contributed by atoms with van der Waals surface area (Å²) in [6, 6.07) is 7.25. The fourth-order valence-electron chi connectivity index (χ4n) is 3.02. The van der Waals surface area contributed by atoms with E-state index in [0.29, 0.717) is 27.3 Å². The van der Waals surface area contributed by atoms with Crippen LogP contribution in [-0.2, 0) is 0 Å². The van der Waals surface area contributed by atoms with Crippen molar-refractivity contribution in [3.63, 3.8) is 0 Å². The maximum absolute atomic E-state index is 13.2. The summed E-state index contributed by atoms with van der Waals surface area (Å²) in [6.45, 7) is 3.65. The van der Waals surface area contributed by atoms with Crippen LogP contribution in [-0.4, -0.2) is 28.6 Å².